The predicted molar refractivity (Wildman–Crippen MR) is 81.6 cm³/mol. The molecule has 0 radical (unpaired) electrons. The van der Waals surface area contributed by atoms with Gasteiger partial charge < -0.3 is 0 Å². The molecule has 106 valence electrons. The molecular formula is C14H12Cl3FN2. The molecule has 3 N–H and O–H groups in total. The van der Waals surface area contributed by atoms with E-state index >= 15 is 0 Å². The van der Waals surface area contributed by atoms with Crippen LogP contribution in [-0.2, 0) is 6.42 Å². The first kappa shape index (κ1) is 15.5. The summed E-state index contributed by atoms with van der Waals surface area (Å²) in [6.07, 6.45) is 0.308. The molecule has 0 heterocycles. The summed E-state index contributed by atoms with van der Waals surface area (Å²) in [6, 6.07) is 9.72. The minimum atomic E-state index is -0.451. The van der Waals surface area contributed by atoms with Crippen LogP contribution in [0.3, 0.4) is 0 Å². The third-order valence-electron chi connectivity index (χ3n) is 3.01. The molecule has 1 atom stereocenters. The third kappa shape index (κ3) is 3.25. The molecule has 0 spiro atoms. The maximum absolute atomic E-state index is 13.9. The zero-order valence-corrected chi connectivity index (χ0v) is 12.6. The van der Waals surface area contributed by atoms with E-state index in [1.165, 1.54) is 6.07 Å². The highest BCUT2D eigenvalue weighted by Crippen LogP contribution is 2.32. The van der Waals surface area contributed by atoms with Gasteiger partial charge in [-0.15, -0.1) is 0 Å². The number of hydrogen-bond acceptors (Lipinski definition) is 2. The lowest BCUT2D eigenvalue weighted by atomic mass is 9.99. The Morgan fingerprint density at radius 3 is 2.40 bits per heavy atom. The zero-order valence-electron chi connectivity index (χ0n) is 10.3. The highest BCUT2D eigenvalue weighted by atomic mass is 35.5. The van der Waals surface area contributed by atoms with Crippen LogP contribution < -0.4 is 11.3 Å². The van der Waals surface area contributed by atoms with Gasteiger partial charge in [-0.2, -0.15) is 0 Å². The van der Waals surface area contributed by atoms with Crippen LogP contribution in [-0.4, -0.2) is 0 Å². The second kappa shape index (κ2) is 6.74. The SMILES string of the molecule is NNC(Cc1cccc(Cl)c1F)c1cccc(Cl)c1Cl. The normalized spacial score (nSPS) is 12.4. The average molecular weight is 334 g/mol. The molecule has 0 aliphatic rings. The first-order chi connectivity index (χ1) is 9.54. The number of rotatable bonds is 4. The lowest BCUT2D eigenvalue weighted by Crippen LogP contribution is -2.30. The molecule has 0 fully saturated rings. The van der Waals surface area contributed by atoms with Crippen LogP contribution in [0, 0.1) is 5.82 Å². The van der Waals surface area contributed by atoms with E-state index in [1.54, 1.807) is 30.3 Å². The van der Waals surface area contributed by atoms with Crippen molar-refractivity contribution in [3.05, 3.63) is 68.4 Å². The van der Waals surface area contributed by atoms with Crippen molar-refractivity contribution in [2.45, 2.75) is 12.5 Å². The zero-order chi connectivity index (χ0) is 14.7. The van der Waals surface area contributed by atoms with Gasteiger partial charge in [0.05, 0.1) is 21.1 Å². The Balaban J connectivity index is 2.34. The smallest absolute Gasteiger partial charge is 0.145 e. The van der Waals surface area contributed by atoms with Crippen LogP contribution in [0.15, 0.2) is 36.4 Å². The Bertz CT molecular complexity index is 619. The van der Waals surface area contributed by atoms with Gasteiger partial charge in [-0.25, -0.2) is 4.39 Å². The Kier molecular flexibility index (Phi) is 5.24. The van der Waals surface area contributed by atoms with Crippen LogP contribution in [0.5, 0.6) is 0 Å². The van der Waals surface area contributed by atoms with Crippen molar-refractivity contribution in [2.75, 3.05) is 0 Å². The van der Waals surface area contributed by atoms with E-state index in [0.29, 0.717) is 27.6 Å². The van der Waals surface area contributed by atoms with Crippen molar-refractivity contribution in [1.82, 2.24) is 5.43 Å². The molecule has 0 saturated carbocycles. The highest BCUT2D eigenvalue weighted by molar-refractivity contribution is 6.42. The van der Waals surface area contributed by atoms with Crippen molar-refractivity contribution in [2.24, 2.45) is 5.84 Å². The quantitative estimate of drug-likeness (QED) is 0.637. The van der Waals surface area contributed by atoms with Gasteiger partial charge in [0.1, 0.15) is 5.82 Å². The van der Waals surface area contributed by atoms with Gasteiger partial charge in [0, 0.05) is 0 Å². The first-order valence-corrected chi connectivity index (χ1v) is 7.01. The van der Waals surface area contributed by atoms with Gasteiger partial charge in [0.2, 0.25) is 0 Å². The summed E-state index contributed by atoms with van der Waals surface area (Å²) < 4.78 is 13.9. The fourth-order valence-corrected chi connectivity index (χ4v) is 2.61. The topological polar surface area (TPSA) is 38.0 Å². The van der Waals surface area contributed by atoms with Crippen molar-refractivity contribution in [1.29, 1.82) is 0 Å². The number of nitrogens with two attached hydrogens (primary N) is 1. The van der Waals surface area contributed by atoms with E-state index in [-0.39, 0.29) is 11.1 Å². The molecule has 2 aromatic carbocycles. The van der Waals surface area contributed by atoms with Crippen LogP contribution >= 0.6 is 34.8 Å². The lowest BCUT2D eigenvalue weighted by molar-refractivity contribution is 0.529. The third-order valence-corrected chi connectivity index (χ3v) is 4.14. The summed E-state index contributed by atoms with van der Waals surface area (Å²) in [4.78, 5) is 0. The maximum Gasteiger partial charge on any atom is 0.145 e. The van der Waals surface area contributed by atoms with E-state index in [9.17, 15) is 4.39 Å². The maximum atomic E-state index is 13.9. The minimum absolute atomic E-state index is 0.0791. The summed E-state index contributed by atoms with van der Waals surface area (Å²) in [5.74, 6) is 5.10. The van der Waals surface area contributed by atoms with Gasteiger partial charge in [0.15, 0.2) is 0 Å². The lowest BCUT2D eigenvalue weighted by Gasteiger charge is -2.19. The second-order valence-electron chi connectivity index (χ2n) is 4.28. The minimum Gasteiger partial charge on any atom is -0.271 e. The molecule has 0 aliphatic heterocycles. The van der Waals surface area contributed by atoms with E-state index < -0.39 is 5.82 Å². The predicted octanol–water partition coefficient (Wildman–Crippen LogP) is 4.53. The molecule has 0 saturated heterocycles. The molecule has 2 nitrogen and oxygen atoms in total. The molecule has 0 aromatic heterocycles. The van der Waals surface area contributed by atoms with Crippen LogP contribution in [0.25, 0.3) is 0 Å². The number of nitrogens with one attached hydrogen (secondary N) is 1. The summed E-state index contributed by atoms with van der Waals surface area (Å²) in [5, 5.41) is 0.908. The van der Waals surface area contributed by atoms with Gasteiger partial charge in [-0.1, -0.05) is 59.1 Å². The van der Waals surface area contributed by atoms with Gasteiger partial charge in [-0.05, 0) is 29.7 Å². The van der Waals surface area contributed by atoms with E-state index in [4.69, 9.17) is 40.6 Å². The standard InChI is InChI=1S/C14H12Cl3FN2/c15-10-5-2-4-9(13(10)17)12(20-19)7-8-3-1-6-11(16)14(8)18/h1-6,12,20H,7,19H2. The molecule has 2 aromatic rings. The molecule has 0 bridgehead atoms. The Hall–Kier alpha value is -0.840. The Labute approximate surface area is 131 Å². The fourth-order valence-electron chi connectivity index (χ4n) is 1.97. The number of hydrogen-bond donors (Lipinski definition) is 2. The average Bonchev–Trinajstić information content (AvgIpc) is 2.44. The van der Waals surface area contributed by atoms with E-state index in [2.05, 4.69) is 5.43 Å². The first-order valence-electron chi connectivity index (χ1n) is 5.87. The fraction of sp³-hybridized carbons (Fsp3) is 0.143. The molecule has 0 aliphatic carbocycles. The molecular weight excluding hydrogens is 322 g/mol. The molecule has 0 amide bonds. The summed E-state index contributed by atoms with van der Waals surface area (Å²) in [5.41, 5.74) is 3.79. The number of halogens is 4. The van der Waals surface area contributed by atoms with Crippen molar-refractivity contribution in [3.63, 3.8) is 0 Å². The molecule has 1 unspecified atom stereocenters. The Morgan fingerprint density at radius 2 is 1.70 bits per heavy atom. The summed E-state index contributed by atoms with van der Waals surface area (Å²) in [6.45, 7) is 0. The molecule has 20 heavy (non-hydrogen) atoms. The van der Waals surface area contributed by atoms with Crippen LogP contribution in [0.4, 0.5) is 4.39 Å². The second-order valence-corrected chi connectivity index (χ2v) is 5.47. The monoisotopic (exact) mass is 332 g/mol. The summed E-state index contributed by atoms with van der Waals surface area (Å²) >= 11 is 17.9. The van der Waals surface area contributed by atoms with Gasteiger partial charge in [0.25, 0.3) is 0 Å². The number of benzene rings is 2. The molecule has 6 heteroatoms. The van der Waals surface area contributed by atoms with E-state index in [1.807, 2.05) is 0 Å². The molecule has 2 rings (SSSR count). The number of hydrazine groups is 1. The van der Waals surface area contributed by atoms with Gasteiger partial charge >= 0.3 is 0 Å². The van der Waals surface area contributed by atoms with Crippen molar-refractivity contribution >= 4 is 34.8 Å². The highest BCUT2D eigenvalue weighted by Gasteiger charge is 2.18. The van der Waals surface area contributed by atoms with Crippen LogP contribution in [0.1, 0.15) is 17.2 Å². The van der Waals surface area contributed by atoms with Crippen molar-refractivity contribution in [3.8, 4) is 0 Å². The largest absolute Gasteiger partial charge is 0.271 e. The van der Waals surface area contributed by atoms with E-state index in [0.717, 1.165) is 0 Å². The Morgan fingerprint density at radius 1 is 1.05 bits per heavy atom. The van der Waals surface area contributed by atoms with Crippen LogP contribution in [0.2, 0.25) is 15.1 Å². The van der Waals surface area contributed by atoms with Gasteiger partial charge in [-0.3, -0.25) is 11.3 Å². The van der Waals surface area contributed by atoms with Crippen molar-refractivity contribution < 1.29 is 4.39 Å². The summed E-state index contributed by atoms with van der Waals surface area (Å²) in [7, 11) is 0.